The van der Waals surface area contributed by atoms with Crippen molar-refractivity contribution in [2.75, 3.05) is 19.8 Å². The molecular weight excluding hydrogens is 417 g/mol. The fourth-order valence-electron chi connectivity index (χ4n) is 5.02. The van der Waals surface area contributed by atoms with E-state index < -0.39 is 23.9 Å². The Hall–Kier alpha value is -1.57. The van der Waals surface area contributed by atoms with Crippen molar-refractivity contribution in [3.8, 4) is 0 Å². The van der Waals surface area contributed by atoms with Crippen molar-refractivity contribution in [3.05, 3.63) is 29.3 Å². The summed E-state index contributed by atoms with van der Waals surface area (Å²) >= 11 is 0. The number of hydrogen-bond acceptors (Lipinski definition) is 5. The highest BCUT2D eigenvalue weighted by molar-refractivity contribution is 6.62. The molecule has 3 saturated heterocycles. The Morgan fingerprint density at radius 1 is 1.03 bits per heavy atom. The first-order valence-electron chi connectivity index (χ1n) is 12.4. The van der Waals surface area contributed by atoms with Crippen LogP contribution in [0.5, 0.6) is 0 Å². The average Bonchev–Trinajstić information content (AvgIpc) is 3.29. The van der Waals surface area contributed by atoms with Crippen LogP contribution in [-0.4, -0.2) is 54.7 Å². The van der Waals surface area contributed by atoms with E-state index in [0.29, 0.717) is 12.5 Å². The molecular formula is C26H40BNO5. The molecule has 33 heavy (non-hydrogen) atoms. The lowest BCUT2D eigenvalue weighted by Crippen LogP contribution is -2.41. The fraction of sp³-hybridized carbons (Fsp3) is 0.731. The van der Waals surface area contributed by atoms with Crippen LogP contribution in [0.15, 0.2) is 18.2 Å². The number of hydrogen-bond donors (Lipinski definition) is 0. The van der Waals surface area contributed by atoms with E-state index in [9.17, 15) is 4.79 Å². The summed E-state index contributed by atoms with van der Waals surface area (Å²) in [5.41, 5.74) is 2.23. The number of carbonyl (C=O) groups excluding carboxylic acids is 1. The topological polar surface area (TPSA) is 57.2 Å². The third kappa shape index (κ3) is 5.10. The van der Waals surface area contributed by atoms with Crippen LogP contribution in [0.4, 0.5) is 4.79 Å². The Morgan fingerprint density at radius 3 is 2.27 bits per heavy atom. The van der Waals surface area contributed by atoms with Crippen LogP contribution >= 0.6 is 0 Å². The second kappa shape index (κ2) is 8.90. The minimum absolute atomic E-state index is 0.0000633. The summed E-state index contributed by atoms with van der Waals surface area (Å²) in [7, 11) is -0.422. The normalized spacial score (nSPS) is 25.5. The molecule has 1 amide bonds. The molecule has 0 saturated carbocycles. The second-order valence-electron chi connectivity index (χ2n) is 11.7. The van der Waals surface area contributed by atoms with Gasteiger partial charge in [-0.3, -0.25) is 0 Å². The molecule has 1 aromatic carbocycles. The van der Waals surface area contributed by atoms with Crippen LogP contribution in [-0.2, 0) is 18.8 Å². The molecule has 7 heteroatoms. The number of rotatable bonds is 3. The molecule has 4 rings (SSSR count). The van der Waals surface area contributed by atoms with E-state index in [1.807, 2.05) is 25.7 Å². The summed E-state index contributed by atoms with van der Waals surface area (Å²) < 4.78 is 24.1. The van der Waals surface area contributed by atoms with Crippen molar-refractivity contribution in [2.45, 2.75) is 103 Å². The van der Waals surface area contributed by atoms with Gasteiger partial charge in [0.15, 0.2) is 0 Å². The first-order valence-corrected chi connectivity index (χ1v) is 12.4. The Morgan fingerprint density at radius 2 is 1.67 bits per heavy atom. The number of amides is 1. The predicted octanol–water partition coefficient (Wildman–Crippen LogP) is 4.95. The zero-order chi connectivity index (χ0) is 24.0. The highest BCUT2D eigenvalue weighted by atomic mass is 16.7. The molecule has 3 aliphatic rings. The maximum absolute atomic E-state index is 13.1. The number of carbonyl (C=O) groups is 1. The Balaban J connectivity index is 1.69. The van der Waals surface area contributed by atoms with Crippen molar-refractivity contribution in [2.24, 2.45) is 0 Å². The van der Waals surface area contributed by atoms with Gasteiger partial charge in [0, 0.05) is 19.8 Å². The van der Waals surface area contributed by atoms with Crippen LogP contribution in [0.3, 0.4) is 0 Å². The third-order valence-corrected chi connectivity index (χ3v) is 7.54. The molecule has 0 N–H and O–H groups in total. The highest BCUT2D eigenvalue weighted by Crippen LogP contribution is 2.41. The Labute approximate surface area is 199 Å². The standard InChI is InChI=1S/C26H40BNO5/c1-24(2,3)31-23(29)28-14-8-9-22(28)21-17-19(27-32-25(4,5)26(6,7)33-27)10-11-20(21)18-12-15-30-16-13-18/h10-11,17-18,22H,8-9,12-16H2,1-7H3/t22-/m1/s1. The van der Waals surface area contributed by atoms with Gasteiger partial charge in [0.1, 0.15) is 5.60 Å². The molecule has 0 spiro atoms. The lowest BCUT2D eigenvalue weighted by Gasteiger charge is -2.32. The smallest absolute Gasteiger partial charge is 0.444 e. The van der Waals surface area contributed by atoms with E-state index in [1.165, 1.54) is 11.1 Å². The Kier molecular flexibility index (Phi) is 6.62. The summed E-state index contributed by atoms with van der Waals surface area (Å²) in [6.07, 6.45) is 3.67. The van der Waals surface area contributed by atoms with Crippen LogP contribution < -0.4 is 5.46 Å². The van der Waals surface area contributed by atoms with Crippen molar-refractivity contribution in [1.82, 2.24) is 4.90 Å². The van der Waals surface area contributed by atoms with E-state index in [2.05, 4.69) is 45.9 Å². The molecule has 0 bridgehead atoms. The molecule has 0 aliphatic carbocycles. The molecule has 3 aliphatic heterocycles. The van der Waals surface area contributed by atoms with Gasteiger partial charge in [-0.2, -0.15) is 0 Å². The Bertz CT molecular complexity index is 856. The lowest BCUT2D eigenvalue weighted by molar-refractivity contribution is 0.00578. The highest BCUT2D eigenvalue weighted by Gasteiger charge is 2.52. The van der Waals surface area contributed by atoms with Crippen LogP contribution in [0.2, 0.25) is 0 Å². The number of ether oxygens (including phenoxy) is 2. The van der Waals surface area contributed by atoms with E-state index >= 15 is 0 Å². The minimum atomic E-state index is -0.516. The van der Waals surface area contributed by atoms with E-state index in [1.54, 1.807) is 0 Å². The molecule has 0 aromatic heterocycles. The zero-order valence-corrected chi connectivity index (χ0v) is 21.4. The SMILES string of the molecule is CC(C)(C)OC(=O)N1CCC[C@@H]1c1cc(B2OC(C)(C)C(C)(C)O2)ccc1C1CCOCC1. The third-order valence-electron chi connectivity index (χ3n) is 7.54. The quantitative estimate of drug-likeness (QED) is 0.601. The van der Waals surface area contributed by atoms with Crippen LogP contribution in [0, 0.1) is 0 Å². The summed E-state index contributed by atoms with van der Waals surface area (Å²) in [4.78, 5) is 15.0. The summed E-state index contributed by atoms with van der Waals surface area (Å²) in [5, 5.41) is 0. The van der Waals surface area contributed by atoms with Gasteiger partial charge in [0.25, 0.3) is 0 Å². The molecule has 182 valence electrons. The molecule has 0 unspecified atom stereocenters. The zero-order valence-electron chi connectivity index (χ0n) is 21.4. The molecule has 3 heterocycles. The van der Waals surface area contributed by atoms with Gasteiger partial charge in [0.2, 0.25) is 0 Å². The second-order valence-corrected chi connectivity index (χ2v) is 11.7. The molecule has 1 atom stereocenters. The minimum Gasteiger partial charge on any atom is -0.444 e. The number of benzene rings is 1. The van der Waals surface area contributed by atoms with Gasteiger partial charge in [-0.25, -0.2) is 4.79 Å². The van der Waals surface area contributed by atoms with E-state index in [0.717, 1.165) is 44.4 Å². The van der Waals surface area contributed by atoms with E-state index in [-0.39, 0.29) is 12.1 Å². The van der Waals surface area contributed by atoms with Gasteiger partial charge < -0.3 is 23.7 Å². The first-order chi connectivity index (χ1) is 15.4. The number of nitrogens with zero attached hydrogens (tertiary/aromatic N) is 1. The first kappa shape index (κ1) is 24.6. The average molecular weight is 457 g/mol. The molecule has 3 fully saturated rings. The van der Waals surface area contributed by atoms with Crippen LogP contribution in [0.1, 0.15) is 97.2 Å². The van der Waals surface area contributed by atoms with Gasteiger partial charge in [0.05, 0.1) is 17.2 Å². The van der Waals surface area contributed by atoms with Gasteiger partial charge in [-0.1, -0.05) is 18.2 Å². The summed E-state index contributed by atoms with van der Waals surface area (Å²) in [5.74, 6) is 0.433. The van der Waals surface area contributed by atoms with Gasteiger partial charge in [-0.05, 0) is 96.7 Å². The van der Waals surface area contributed by atoms with Crippen LogP contribution in [0.25, 0.3) is 0 Å². The lowest BCUT2D eigenvalue weighted by atomic mass is 9.75. The van der Waals surface area contributed by atoms with Crippen molar-refractivity contribution >= 4 is 18.7 Å². The maximum atomic E-state index is 13.1. The molecule has 6 nitrogen and oxygen atoms in total. The summed E-state index contributed by atoms with van der Waals surface area (Å²) in [6, 6.07) is 6.60. The fourth-order valence-corrected chi connectivity index (χ4v) is 5.02. The molecule has 0 radical (unpaired) electrons. The van der Waals surface area contributed by atoms with Crippen molar-refractivity contribution in [1.29, 1.82) is 0 Å². The van der Waals surface area contributed by atoms with Crippen molar-refractivity contribution < 1.29 is 23.6 Å². The van der Waals surface area contributed by atoms with Gasteiger partial charge >= 0.3 is 13.2 Å². The van der Waals surface area contributed by atoms with Crippen molar-refractivity contribution in [3.63, 3.8) is 0 Å². The largest absolute Gasteiger partial charge is 0.494 e. The summed E-state index contributed by atoms with van der Waals surface area (Å²) in [6.45, 7) is 16.3. The monoisotopic (exact) mass is 457 g/mol. The molecule has 1 aromatic rings. The van der Waals surface area contributed by atoms with E-state index in [4.69, 9.17) is 18.8 Å². The maximum Gasteiger partial charge on any atom is 0.494 e. The number of likely N-dealkylation sites (tertiary alicyclic amines) is 1. The van der Waals surface area contributed by atoms with Gasteiger partial charge in [-0.15, -0.1) is 0 Å². The predicted molar refractivity (Wildman–Crippen MR) is 130 cm³/mol.